The zero-order valence-electron chi connectivity index (χ0n) is 33.7. The standard InChI is InChI=1S/C57H42N2/c1-35-25-27-39(31-37(35)3)58(40-28-26-36(2)38(4)32-40)41-29-30-48-51(33-41)57(49-21-11-7-15-42(49)43-16-8-12-22-50(43)57)52-34-55(46-19-5-6-20-47(46)56(48)52)59-53-23-13-9-17-44(53)45-18-10-14-24-54(45)59/h5-34H,1-4H3. The molecule has 2 aliphatic rings. The van der Waals surface area contributed by atoms with Gasteiger partial charge in [-0.3, -0.25) is 0 Å². The van der Waals surface area contributed by atoms with Gasteiger partial charge in [0.25, 0.3) is 0 Å². The average Bonchev–Trinajstić information content (AvgIpc) is 3.87. The number of fused-ring (bicyclic) bond motifs is 15. The summed E-state index contributed by atoms with van der Waals surface area (Å²) >= 11 is 0. The fourth-order valence-corrected chi connectivity index (χ4v) is 10.6. The van der Waals surface area contributed by atoms with Crippen LogP contribution in [-0.2, 0) is 5.41 Å². The number of rotatable bonds is 4. The highest BCUT2D eigenvalue weighted by molar-refractivity contribution is 6.14. The third-order valence-corrected chi connectivity index (χ3v) is 13.6. The molecule has 0 saturated carbocycles. The molecule has 280 valence electrons. The smallest absolute Gasteiger partial charge is 0.0727 e. The van der Waals surface area contributed by atoms with Crippen LogP contribution in [0.1, 0.15) is 44.5 Å². The number of hydrogen-bond donors (Lipinski definition) is 0. The van der Waals surface area contributed by atoms with E-state index in [1.165, 1.54) is 105 Å². The lowest BCUT2D eigenvalue weighted by Gasteiger charge is -2.33. The molecule has 0 aliphatic heterocycles. The summed E-state index contributed by atoms with van der Waals surface area (Å²) < 4.78 is 2.52. The molecule has 0 unspecified atom stereocenters. The first-order valence-corrected chi connectivity index (χ1v) is 20.8. The maximum Gasteiger partial charge on any atom is 0.0727 e. The van der Waals surface area contributed by atoms with Gasteiger partial charge in [-0.1, -0.05) is 127 Å². The predicted octanol–water partition coefficient (Wildman–Crippen LogP) is 15.0. The number of hydrogen-bond acceptors (Lipinski definition) is 1. The van der Waals surface area contributed by atoms with Crippen molar-refractivity contribution in [3.8, 4) is 27.9 Å². The summed E-state index contributed by atoms with van der Waals surface area (Å²) in [6, 6.07) is 68.8. The van der Waals surface area contributed by atoms with Gasteiger partial charge < -0.3 is 9.47 Å². The van der Waals surface area contributed by atoms with Gasteiger partial charge in [0.15, 0.2) is 0 Å². The van der Waals surface area contributed by atoms with Gasteiger partial charge in [-0.15, -0.1) is 0 Å². The van der Waals surface area contributed by atoms with E-state index >= 15 is 0 Å². The molecule has 0 atom stereocenters. The van der Waals surface area contributed by atoms with E-state index in [0.29, 0.717) is 0 Å². The Bertz CT molecular complexity index is 3250. The Hall–Kier alpha value is -7.16. The lowest BCUT2D eigenvalue weighted by atomic mass is 9.70. The Morgan fingerprint density at radius 3 is 1.41 bits per heavy atom. The fourth-order valence-electron chi connectivity index (χ4n) is 10.6. The zero-order valence-corrected chi connectivity index (χ0v) is 33.7. The summed E-state index contributed by atoms with van der Waals surface area (Å²) in [5, 5.41) is 5.06. The van der Waals surface area contributed by atoms with Gasteiger partial charge in [0, 0.05) is 33.2 Å². The second-order valence-electron chi connectivity index (χ2n) is 16.7. The van der Waals surface area contributed by atoms with Crippen LogP contribution in [-0.4, -0.2) is 4.57 Å². The van der Waals surface area contributed by atoms with Crippen molar-refractivity contribution in [3.63, 3.8) is 0 Å². The van der Waals surface area contributed by atoms with Crippen LogP contribution in [0.5, 0.6) is 0 Å². The molecule has 0 fully saturated rings. The average molecular weight is 755 g/mol. The number of anilines is 3. The third kappa shape index (κ3) is 4.57. The van der Waals surface area contributed by atoms with Gasteiger partial charge >= 0.3 is 0 Å². The zero-order chi connectivity index (χ0) is 39.6. The Morgan fingerprint density at radius 2 is 0.831 bits per heavy atom. The Kier molecular flexibility index (Phi) is 7.14. The molecule has 9 aromatic carbocycles. The Morgan fingerprint density at radius 1 is 0.356 bits per heavy atom. The van der Waals surface area contributed by atoms with Crippen molar-refractivity contribution < 1.29 is 0 Å². The van der Waals surface area contributed by atoms with E-state index in [9.17, 15) is 0 Å². The van der Waals surface area contributed by atoms with Crippen molar-refractivity contribution >= 4 is 49.6 Å². The third-order valence-electron chi connectivity index (χ3n) is 13.6. The first-order valence-electron chi connectivity index (χ1n) is 20.8. The van der Waals surface area contributed by atoms with Crippen molar-refractivity contribution in [1.29, 1.82) is 0 Å². The van der Waals surface area contributed by atoms with Crippen molar-refractivity contribution in [3.05, 3.63) is 226 Å². The van der Waals surface area contributed by atoms with Gasteiger partial charge in [0.2, 0.25) is 0 Å². The Balaban J connectivity index is 1.22. The molecule has 0 bridgehead atoms. The first-order chi connectivity index (χ1) is 28.9. The highest BCUT2D eigenvalue weighted by Gasteiger charge is 2.52. The van der Waals surface area contributed by atoms with Crippen LogP contribution >= 0.6 is 0 Å². The van der Waals surface area contributed by atoms with Crippen LogP contribution < -0.4 is 4.90 Å². The molecule has 1 heterocycles. The van der Waals surface area contributed by atoms with E-state index in [-0.39, 0.29) is 0 Å². The van der Waals surface area contributed by atoms with E-state index < -0.39 is 5.41 Å². The van der Waals surface area contributed by atoms with Crippen LogP contribution in [0.25, 0.3) is 60.5 Å². The maximum atomic E-state index is 2.56. The summed E-state index contributed by atoms with van der Waals surface area (Å²) in [6.07, 6.45) is 0. The van der Waals surface area contributed by atoms with E-state index in [1.807, 2.05) is 0 Å². The maximum absolute atomic E-state index is 2.56. The number of benzene rings is 9. The minimum atomic E-state index is -0.552. The SMILES string of the molecule is Cc1ccc(N(c2ccc(C)c(C)c2)c2ccc3c(c2)C2(c4ccccc4-c4ccccc42)c2cc(-n4c5ccccc5c5ccccc54)c4ccccc4c2-3)cc1C. The topological polar surface area (TPSA) is 8.17 Å². The fraction of sp³-hybridized carbons (Fsp3) is 0.0877. The van der Waals surface area contributed by atoms with Crippen molar-refractivity contribution in [2.45, 2.75) is 33.1 Å². The van der Waals surface area contributed by atoms with Gasteiger partial charge in [-0.2, -0.15) is 0 Å². The summed E-state index contributed by atoms with van der Waals surface area (Å²) in [5.74, 6) is 0. The van der Waals surface area contributed by atoms with Crippen molar-refractivity contribution in [1.82, 2.24) is 4.57 Å². The second-order valence-corrected chi connectivity index (χ2v) is 16.7. The van der Waals surface area contributed by atoms with E-state index in [0.717, 1.165) is 17.1 Å². The number of para-hydroxylation sites is 2. The van der Waals surface area contributed by atoms with Crippen molar-refractivity contribution in [2.75, 3.05) is 4.90 Å². The van der Waals surface area contributed by atoms with Crippen molar-refractivity contribution in [2.24, 2.45) is 0 Å². The Labute approximate surface area is 345 Å². The normalized spacial score (nSPS) is 13.2. The number of aryl methyl sites for hydroxylation is 4. The summed E-state index contributed by atoms with van der Waals surface area (Å²) in [7, 11) is 0. The van der Waals surface area contributed by atoms with Gasteiger partial charge in [-0.05, 0) is 154 Å². The molecule has 12 rings (SSSR count). The molecule has 2 nitrogen and oxygen atoms in total. The molecule has 0 radical (unpaired) electrons. The molecular weight excluding hydrogens is 713 g/mol. The first kappa shape index (κ1) is 33.9. The lowest BCUT2D eigenvalue weighted by Crippen LogP contribution is -2.26. The molecule has 2 heteroatoms. The number of aromatic nitrogens is 1. The molecule has 10 aromatic rings. The molecular formula is C57H42N2. The highest BCUT2D eigenvalue weighted by Crippen LogP contribution is 2.65. The molecule has 2 aliphatic carbocycles. The van der Waals surface area contributed by atoms with Crippen LogP contribution in [0.15, 0.2) is 182 Å². The van der Waals surface area contributed by atoms with E-state index in [2.05, 4.69) is 219 Å². The monoisotopic (exact) mass is 754 g/mol. The minimum Gasteiger partial charge on any atom is -0.310 e. The van der Waals surface area contributed by atoms with Gasteiger partial charge in [-0.25, -0.2) is 0 Å². The summed E-state index contributed by atoms with van der Waals surface area (Å²) in [6.45, 7) is 8.83. The van der Waals surface area contributed by atoms with Crippen LogP contribution in [0, 0.1) is 27.7 Å². The minimum absolute atomic E-state index is 0.552. The van der Waals surface area contributed by atoms with E-state index in [1.54, 1.807) is 0 Å². The molecule has 59 heavy (non-hydrogen) atoms. The second kappa shape index (κ2) is 12.4. The quantitative estimate of drug-likeness (QED) is 0.174. The largest absolute Gasteiger partial charge is 0.310 e. The van der Waals surface area contributed by atoms with Gasteiger partial charge in [0.1, 0.15) is 0 Å². The molecule has 1 aromatic heterocycles. The van der Waals surface area contributed by atoms with Crippen LogP contribution in [0.2, 0.25) is 0 Å². The number of nitrogens with zero attached hydrogens (tertiary/aromatic N) is 2. The summed E-state index contributed by atoms with van der Waals surface area (Å²) in [5.41, 5.74) is 22.3. The molecule has 1 spiro atoms. The lowest BCUT2D eigenvalue weighted by molar-refractivity contribution is 0.793. The van der Waals surface area contributed by atoms with Crippen LogP contribution in [0.3, 0.4) is 0 Å². The molecule has 0 amide bonds. The molecule has 0 N–H and O–H groups in total. The predicted molar refractivity (Wildman–Crippen MR) is 248 cm³/mol. The molecule has 0 saturated heterocycles. The highest BCUT2D eigenvalue weighted by atomic mass is 15.1. The van der Waals surface area contributed by atoms with E-state index in [4.69, 9.17) is 0 Å². The summed E-state index contributed by atoms with van der Waals surface area (Å²) in [4.78, 5) is 2.46. The van der Waals surface area contributed by atoms with Crippen LogP contribution in [0.4, 0.5) is 17.1 Å². The van der Waals surface area contributed by atoms with Gasteiger partial charge in [0.05, 0.1) is 22.1 Å².